The van der Waals surface area contributed by atoms with Crippen LogP contribution in [0.1, 0.15) is 43.3 Å². The summed E-state index contributed by atoms with van der Waals surface area (Å²) in [5, 5.41) is 7.75. The summed E-state index contributed by atoms with van der Waals surface area (Å²) in [6.07, 6.45) is 4.01. The highest BCUT2D eigenvalue weighted by atomic mass is 32.2. The van der Waals surface area contributed by atoms with Gasteiger partial charge in [0, 0.05) is 25.1 Å². The molecule has 10 heteroatoms. The van der Waals surface area contributed by atoms with Crippen molar-refractivity contribution in [2.24, 2.45) is 0 Å². The molecule has 0 atom stereocenters. The van der Waals surface area contributed by atoms with Crippen molar-refractivity contribution in [3.63, 3.8) is 0 Å². The molecular formula is C13H17N5O4S. The van der Waals surface area contributed by atoms with Gasteiger partial charge in [0.05, 0.1) is 6.54 Å². The summed E-state index contributed by atoms with van der Waals surface area (Å²) in [5.41, 5.74) is 0.504. The molecule has 0 amide bonds. The Kier molecular flexibility index (Phi) is 3.66. The smallest absolute Gasteiger partial charge is 0.279 e. The molecule has 1 aliphatic heterocycles. The van der Waals surface area contributed by atoms with Crippen molar-refractivity contribution in [3.05, 3.63) is 17.7 Å². The Morgan fingerprint density at radius 2 is 2.00 bits per heavy atom. The number of nitrogens with one attached hydrogen (secondary N) is 1. The van der Waals surface area contributed by atoms with E-state index in [-0.39, 0.29) is 12.4 Å². The van der Waals surface area contributed by atoms with Gasteiger partial charge in [-0.15, -0.1) is 0 Å². The lowest BCUT2D eigenvalue weighted by Crippen LogP contribution is -2.38. The number of hydrogen-bond donors (Lipinski definition) is 1. The second-order valence-corrected chi connectivity index (χ2v) is 7.59. The molecule has 2 aliphatic rings. The van der Waals surface area contributed by atoms with E-state index in [1.54, 1.807) is 6.07 Å². The molecule has 0 radical (unpaired) electrons. The lowest BCUT2D eigenvalue weighted by Gasteiger charge is -2.14. The van der Waals surface area contributed by atoms with Crippen LogP contribution < -0.4 is 4.72 Å². The molecule has 0 aromatic carbocycles. The molecule has 4 rings (SSSR count). The standard InChI is InChI=1S/C13H17N5O4S/c19-23(20,18-5-1-2-6-18)14-8-12-15-13(17-22-12)10-7-11(21-16-10)9-3-4-9/h7,9,14H,1-6,8H2. The van der Waals surface area contributed by atoms with Gasteiger partial charge in [-0.2, -0.15) is 22.4 Å². The van der Waals surface area contributed by atoms with E-state index in [0.29, 0.717) is 30.5 Å². The zero-order valence-corrected chi connectivity index (χ0v) is 13.3. The largest absolute Gasteiger partial charge is 0.360 e. The molecule has 1 N–H and O–H groups in total. The predicted octanol–water partition coefficient (Wildman–Crippen LogP) is 1.03. The molecule has 0 unspecified atom stereocenters. The Morgan fingerprint density at radius 3 is 2.74 bits per heavy atom. The van der Waals surface area contributed by atoms with Crippen molar-refractivity contribution in [1.29, 1.82) is 0 Å². The first-order valence-corrected chi connectivity index (χ1v) is 9.10. The normalized spacial score (nSPS) is 19.5. The van der Waals surface area contributed by atoms with E-state index < -0.39 is 10.2 Å². The summed E-state index contributed by atoms with van der Waals surface area (Å²) >= 11 is 0. The van der Waals surface area contributed by atoms with Crippen LogP contribution in [-0.4, -0.2) is 41.1 Å². The van der Waals surface area contributed by atoms with E-state index in [1.165, 1.54) is 4.31 Å². The fraction of sp³-hybridized carbons (Fsp3) is 0.615. The van der Waals surface area contributed by atoms with Crippen LogP contribution in [0, 0.1) is 0 Å². The minimum Gasteiger partial charge on any atom is -0.360 e. The Balaban J connectivity index is 1.41. The van der Waals surface area contributed by atoms with Crippen molar-refractivity contribution < 1.29 is 17.5 Å². The van der Waals surface area contributed by atoms with Gasteiger partial charge in [0.15, 0.2) is 5.69 Å². The van der Waals surface area contributed by atoms with Gasteiger partial charge >= 0.3 is 0 Å². The molecule has 2 fully saturated rings. The SMILES string of the molecule is O=S(=O)(NCc1nc(-c2cc(C3CC3)on2)no1)N1CCCC1. The Bertz CT molecular complexity index is 789. The van der Waals surface area contributed by atoms with Crippen LogP contribution >= 0.6 is 0 Å². The van der Waals surface area contributed by atoms with E-state index >= 15 is 0 Å². The van der Waals surface area contributed by atoms with Gasteiger partial charge in [0.1, 0.15) is 5.76 Å². The summed E-state index contributed by atoms with van der Waals surface area (Å²) < 4.78 is 38.3. The first-order valence-electron chi connectivity index (χ1n) is 7.66. The predicted molar refractivity (Wildman–Crippen MR) is 78.3 cm³/mol. The maximum Gasteiger partial charge on any atom is 0.279 e. The topological polar surface area (TPSA) is 114 Å². The fourth-order valence-corrected chi connectivity index (χ4v) is 3.79. The van der Waals surface area contributed by atoms with Crippen molar-refractivity contribution in [1.82, 2.24) is 24.3 Å². The molecule has 0 bridgehead atoms. The van der Waals surface area contributed by atoms with Gasteiger partial charge in [-0.05, 0) is 25.7 Å². The van der Waals surface area contributed by atoms with Crippen LogP contribution in [0.3, 0.4) is 0 Å². The number of rotatable bonds is 6. The van der Waals surface area contributed by atoms with E-state index in [9.17, 15) is 8.42 Å². The van der Waals surface area contributed by atoms with E-state index in [2.05, 4.69) is 20.0 Å². The zero-order valence-electron chi connectivity index (χ0n) is 12.4. The quantitative estimate of drug-likeness (QED) is 0.836. The molecule has 2 aromatic rings. The van der Waals surface area contributed by atoms with Gasteiger partial charge in [-0.25, -0.2) is 0 Å². The first kappa shape index (κ1) is 14.8. The average Bonchev–Trinajstić information content (AvgIpc) is 3.04. The molecule has 1 saturated heterocycles. The summed E-state index contributed by atoms with van der Waals surface area (Å²) in [6, 6.07) is 1.81. The van der Waals surface area contributed by atoms with Gasteiger partial charge in [0.25, 0.3) is 10.2 Å². The second kappa shape index (κ2) is 5.69. The molecule has 23 heavy (non-hydrogen) atoms. The van der Waals surface area contributed by atoms with E-state index in [1.807, 2.05) is 0 Å². The molecule has 0 spiro atoms. The summed E-state index contributed by atoms with van der Waals surface area (Å²) in [5.74, 6) is 1.78. The van der Waals surface area contributed by atoms with Gasteiger partial charge in [-0.3, -0.25) is 0 Å². The highest BCUT2D eigenvalue weighted by Gasteiger charge is 2.29. The highest BCUT2D eigenvalue weighted by molar-refractivity contribution is 7.87. The molecule has 1 saturated carbocycles. The van der Waals surface area contributed by atoms with Crippen LogP contribution in [0.25, 0.3) is 11.5 Å². The summed E-state index contributed by atoms with van der Waals surface area (Å²) in [4.78, 5) is 4.16. The zero-order chi connectivity index (χ0) is 15.9. The number of aromatic nitrogens is 3. The maximum atomic E-state index is 12.1. The minimum absolute atomic E-state index is 0.0425. The van der Waals surface area contributed by atoms with Crippen molar-refractivity contribution in [2.45, 2.75) is 38.1 Å². The molecule has 124 valence electrons. The lowest BCUT2D eigenvalue weighted by atomic mass is 10.3. The Hall–Kier alpha value is -1.78. The number of hydrogen-bond acceptors (Lipinski definition) is 7. The van der Waals surface area contributed by atoms with Crippen molar-refractivity contribution >= 4 is 10.2 Å². The fourth-order valence-electron chi connectivity index (χ4n) is 2.56. The third-order valence-electron chi connectivity index (χ3n) is 4.02. The summed E-state index contributed by atoms with van der Waals surface area (Å²) in [6.45, 7) is 1.06. The average molecular weight is 339 g/mol. The third kappa shape index (κ3) is 3.14. The van der Waals surface area contributed by atoms with Crippen LogP contribution in [0.2, 0.25) is 0 Å². The molecule has 2 aromatic heterocycles. The highest BCUT2D eigenvalue weighted by Crippen LogP contribution is 2.40. The van der Waals surface area contributed by atoms with Gasteiger partial charge < -0.3 is 9.05 Å². The van der Waals surface area contributed by atoms with Crippen LogP contribution in [0.5, 0.6) is 0 Å². The molecule has 3 heterocycles. The first-order chi connectivity index (χ1) is 11.1. The second-order valence-electron chi connectivity index (χ2n) is 5.83. The molecule has 9 nitrogen and oxygen atoms in total. The van der Waals surface area contributed by atoms with Gasteiger partial charge in [0.2, 0.25) is 11.7 Å². The monoisotopic (exact) mass is 339 g/mol. The van der Waals surface area contributed by atoms with Crippen LogP contribution in [0.15, 0.2) is 15.1 Å². The Labute approximate surface area is 133 Å². The third-order valence-corrected chi connectivity index (χ3v) is 5.57. The van der Waals surface area contributed by atoms with Crippen LogP contribution in [-0.2, 0) is 16.8 Å². The number of nitrogens with zero attached hydrogens (tertiary/aromatic N) is 4. The molecular weight excluding hydrogens is 322 g/mol. The van der Waals surface area contributed by atoms with Gasteiger partial charge in [-0.1, -0.05) is 10.3 Å². The van der Waals surface area contributed by atoms with Crippen LogP contribution in [0.4, 0.5) is 0 Å². The Morgan fingerprint density at radius 1 is 1.22 bits per heavy atom. The minimum atomic E-state index is -3.49. The van der Waals surface area contributed by atoms with E-state index in [0.717, 1.165) is 31.4 Å². The van der Waals surface area contributed by atoms with Crippen molar-refractivity contribution in [3.8, 4) is 11.5 Å². The maximum absolute atomic E-state index is 12.1. The molecule has 1 aliphatic carbocycles. The van der Waals surface area contributed by atoms with E-state index in [4.69, 9.17) is 9.05 Å². The van der Waals surface area contributed by atoms with Crippen molar-refractivity contribution in [2.75, 3.05) is 13.1 Å². The lowest BCUT2D eigenvalue weighted by molar-refractivity contribution is 0.370. The summed E-state index contributed by atoms with van der Waals surface area (Å²) in [7, 11) is -3.49.